The monoisotopic (exact) mass is 820 g/mol. The van der Waals surface area contributed by atoms with Gasteiger partial charge in [0.2, 0.25) is 11.8 Å². The lowest BCUT2D eigenvalue weighted by molar-refractivity contribution is -0.379. The number of carboxylic acid groups (broad SMARTS) is 1. The molecule has 2 amide bonds. The number of nitrogens with one attached hydrogen (secondary N) is 2. The third-order valence-corrected chi connectivity index (χ3v) is 9.49. The minimum absolute atomic E-state index is 0.0574. The van der Waals surface area contributed by atoms with Crippen molar-refractivity contribution in [1.29, 1.82) is 0 Å². The SMILES string of the molecule is CC(=O)NC(C=O)C(OC1OC(CO)C(O)C(OC2(C(=O)O)CC(O)C(NC(C)=O)C(C(O)C(O)CO)O2)C1O)C(OC1OC(C)C(O)C(O)C1O)C(O)CO. The van der Waals surface area contributed by atoms with Crippen LogP contribution >= 0.6 is 0 Å². The van der Waals surface area contributed by atoms with Crippen LogP contribution in [0.1, 0.15) is 27.2 Å². The third kappa shape index (κ3) is 10.7. The summed E-state index contributed by atoms with van der Waals surface area (Å²) >= 11 is 0. The van der Waals surface area contributed by atoms with Gasteiger partial charge >= 0.3 is 5.97 Å². The van der Waals surface area contributed by atoms with Crippen molar-refractivity contribution in [3.63, 3.8) is 0 Å². The molecule has 20 atom stereocenters. The van der Waals surface area contributed by atoms with E-state index >= 15 is 0 Å². The van der Waals surface area contributed by atoms with Gasteiger partial charge in [-0.2, -0.15) is 0 Å². The highest BCUT2D eigenvalue weighted by Crippen LogP contribution is 2.38. The zero-order valence-electron chi connectivity index (χ0n) is 30.3. The quantitative estimate of drug-likeness (QED) is 0.0571. The van der Waals surface area contributed by atoms with Crippen LogP contribution < -0.4 is 10.6 Å². The summed E-state index contributed by atoms with van der Waals surface area (Å²) in [6, 6.07) is -3.52. The molecule has 3 saturated heterocycles. The number of carbonyl (C=O) groups is 4. The summed E-state index contributed by atoms with van der Waals surface area (Å²) in [4.78, 5) is 49.2. The van der Waals surface area contributed by atoms with Crippen molar-refractivity contribution < 1.29 is 114 Å². The fourth-order valence-electron chi connectivity index (χ4n) is 6.49. The molecule has 3 rings (SSSR count). The summed E-state index contributed by atoms with van der Waals surface area (Å²) in [6.07, 6.45) is -35.3. The second kappa shape index (κ2) is 20.4. The topological polar surface area (TPSA) is 411 Å². The molecular weight excluding hydrogens is 768 g/mol. The lowest BCUT2D eigenvalue weighted by Crippen LogP contribution is -2.70. The van der Waals surface area contributed by atoms with Gasteiger partial charge in [0.05, 0.1) is 38.1 Å². The first-order valence-corrected chi connectivity index (χ1v) is 17.3. The van der Waals surface area contributed by atoms with Gasteiger partial charge in [0.25, 0.3) is 5.79 Å². The number of hydrogen-bond acceptors (Lipinski definition) is 22. The van der Waals surface area contributed by atoms with E-state index in [1.807, 2.05) is 0 Å². The maximum Gasteiger partial charge on any atom is 0.364 e. The average molecular weight is 821 g/mol. The molecular formula is C31H52N2O23. The second-order valence-electron chi connectivity index (χ2n) is 13.7. The Labute approximate surface area is 317 Å². The number of ether oxygens (including phenoxy) is 6. The van der Waals surface area contributed by atoms with E-state index in [0.717, 1.165) is 13.8 Å². The van der Waals surface area contributed by atoms with Crippen molar-refractivity contribution in [3.05, 3.63) is 0 Å². The number of hydrogen-bond donors (Lipinski definition) is 15. The van der Waals surface area contributed by atoms with Gasteiger partial charge in [-0.15, -0.1) is 0 Å². The molecule has 0 radical (unpaired) electrons. The van der Waals surface area contributed by atoms with Crippen LogP contribution in [0.3, 0.4) is 0 Å². The molecule has 3 heterocycles. The highest BCUT2D eigenvalue weighted by atomic mass is 16.8. The summed E-state index contributed by atoms with van der Waals surface area (Å²) in [5.41, 5.74) is 0. The number of aliphatic hydroxyl groups is 12. The minimum atomic E-state index is -3.17. The van der Waals surface area contributed by atoms with Gasteiger partial charge in [-0.25, -0.2) is 4.79 Å². The van der Waals surface area contributed by atoms with Crippen LogP contribution in [0.25, 0.3) is 0 Å². The number of carboxylic acids is 1. The minimum Gasteiger partial charge on any atom is -0.477 e. The van der Waals surface area contributed by atoms with Crippen molar-refractivity contribution in [3.8, 4) is 0 Å². The number of aldehydes is 1. The highest BCUT2D eigenvalue weighted by Gasteiger charge is 2.60. The lowest BCUT2D eigenvalue weighted by Gasteiger charge is -2.50. The van der Waals surface area contributed by atoms with Crippen LogP contribution in [-0.2, 0) is 47.6 Å². The molecule has 0 aromatic carbocycles. The van der Waals surface area contributed by atoms with Crippen molar-refractivity contribution in [2.75, 3.05) is 19.8 Å². The molecule has 0 spiro atoms. The molecule has 3 aliphatic heterocycles. The van der Waals surface area contributed by atoms with E-state index in [2.05, 4.69) is 10.6 Å². The molecule has 0 bridgehead atoms. The maximum absolute atomic E-state index is 12.8. The molecule has 25 heteroatoms. The molecule has 0 aromatic rings. The zero-order valence-corrected chi connectivity index (χ0v) is 30.3. The Morgan fingerprint density at radius 1 is 0.821 bits per heavy atom. The van der Waals surface area contributed by atoms with Crippen LogP contribution in [0.15, 0.2) is 0 Å². The van der Waals surface area contributed by atoms with E-state index in [1.165, 1.54) is 6.92 Å². The highest BCUT2D eigenvalue weighted by molar-refractivity contribution is 5.78. The number of carbonyl (C=O) groups excluding carboxylic acids is 3. The van der Waals surface area contributed by atoms with Gasteiger partial charge in [-0.1, -0.05) is 0 Å². The Morgan fingerprint density at radius 3 is 1.93 bits per heavy atom. The van der Waals surface area contributed by atoms with E-state index in [4.69, 9.17) is 28.4 Å². The summed E-state index contributed by atoms with van der Waals surface area (Å²) in [7, 11) is 0. The number of aliphatic hydroxyl groups excluding tert-OH is 12. The molecule has 25 nitrogen and oxygen atoms in total. The third-order valence-electron chi connectivity index (χ3n) is 9.49. The molecule has 3 aliphatic rings. The fourth-order valence-corrected chi connectivity index (χ4v) is 6.49. The van der Waals surface area contributed by atoms with Gasteiger partial charge in [0.15, 0.2) is 12.6 Å². The summed E-state index contributed by atoms with van der Waals surface area (Å²) in [5, 5.41) is 141. The van der Waals surface area contributed by atoms with E-state index < -0.39 is 166 Å². The van der Waals surface area contributed by atoms with Crippen LogP contribution in [0.2, 0.25) is 0 Å². The van der Waals surface area contributed by atoms with Gasteiger partial charge in [0, 0.05) is 20.3 Å². The van der Waals surface area contributed by atoms with Gasteiger partial charge in [-0.3, -0.25) is 9.59 Å². The molecule has 0 saturated carbocycles. The molecule has 0 aliphatic carbocycles. The van der Waals surface area contributed by atoms with E-state index in [9.17, 15) is 85.6 Å². The van der Waals surface area contributed by atoms with Crippen LogP contribution in [0, 0.1) is 0 Å². The maximum atomic E-state index is 12.8. The molecule has 20 unspecified atom stereocenters. The predicted octanol–water partition coefficient (Wildman–Crippen LogP) is -9.39. The van der Waals surface area contributed by atoms with Gasteiger partial charge in [-0.05, 0) is 6.92 Å². The van der Waals surface area contributed by atoms with Crippen molar-refractivity contribution in [1.82, 2.24) is 10.6 Å². The molecule has 56 heavy (non-hydrogen) atoms. The van der Waals surface area contributed by atoms with E-state index in [-0.39, 0.29) is 6.29 Å². The largest absolute Gasteiger partial charge is 0.477 e. The first-order valence-electron chi connectivity index (χ1n) is 17.3. The van der Waals surface area contributed by atoms with E-state index in [0.29, 0.717) is 0 Å². The average Bonchev–Trinajstić information content (AvgIpc) is 3.15. The Hall–Kier alpha value is -2.64. The smallest absolute Gasteiger partial charge is 0.364 e. The predicted molar refractivity (Wildman–Crippen MR) is 174 cm³/mol. The Bertz CT molecular complexity index is 1320. The second-order valence-corrected chi connectivity index (χ2v) is 13.7. The zero-order chi connectivity index (χ0) is 42.4. The van der Waals surface area contributed by atoms with Crippen molar-refractivity contribution in [2.45, 2.75) is 149 Å². The number of rotatable bonds is 18. The van der Waals surface area contributed by atoms with Crippen molar-refractivity contribution in [2.24, 2.45) is 0 Å². The van der Waals surface area contributed by atoms with Crippen molar-refractivity contribution >= 4 is 24.1 Å². The van der Waals surface area contributed by atoms with Crippen LogP contribution in [0.5, 0.6) is 0 Å². The molecule has 15 N–H and O–H groups in total. The number of amides is 2. The van der Waals surface area contributed by atoms with Crippen LogP contribution in [0.4, 0.5) is 0 Å². The Morgan fingerprint density at radius 2 is 1.41 bits per heavy atom. The lowest BCUT2D eigenvalue weighted by atomic mass is 9.88. The van der Waals surface area contributed by atoms with Crippen LogP contribution in [-0.4, -0.2) is 232 Å². The standard InChI is InChI=1S/C31H52N2O23/c1-9-18(43)21(46)22(47)28(51-9)54-25(15(42)7-36)24(12(5-34)32-10(2)38)53-29-23(48)27(20(45)16(8-37)52-29)56-31(30(49)50)4-13(40)17(33-11(3)39)26(55-31)19(44)14(41)6-35/h5,9,12-29,35-37,40-48H,4,6-8H2,1-3H3,(H,32,38)(H,33,39)(H,49,50). The Balaban J connectivity index is 2.07. The fraction of sp³-hybridized carbons (Fsp3) is 0.871. The first kappa shape index (κ1) is 47.7. The van der Waals surface area contributed by atoms with Gasteiger partial charge in [0.1, 0.15) is 91.7 Å². The number of aliphatic carboxylic acids is 1. The Kier molecular flexibility index (Phi) is 17.4. The molecule has 3 fully saturated rings. The molecule has 0 aromatic heterocycles. The first-order chi connectivity index (χ1) is 26.2. The van der Waals surface area contributed by atoms with E-state index in [1.54, 1.807) is 0 Å². The summed E-state index contributed by atoms with van der Waals surface area (Å²) in [5.74, 6) is -6.92. The molecule has 324 valence electrons. The summed E-state index contributed by atoms with van der Waals surface area (Å²) in [6.45, 7) is -0.160. The normalized spacial score (nSPS) is 39.7. The van der Waals surface area contributed by atoms with Gasteiger partial charge < -0.3 is 110 Å². The summed E-state index contributed by atoms with van der Waals surface area (Å²) < 4.78 is 33.6.